The van der Waals surface area contributed by atoms with Crippen LogP contribution in [-0.4, -0.2) is 72.5 Å². The molecule has 2 atom stereocenters. The van der Waals surface area contributed by atoms with Gasteiger partial charge in [-0.3, -0.25) is 9.48 Å². The van der Waals surface area contributed by atoms with E-state index in [0.29, 0.717) is 25.3 Å². The van der Waals surface area contributed by atoms with E-state index in [2.05, 4.69) is 5.10 Å². The number of carbonyl (C=O) groups excluding carboxylic acids is 1. The van der Waals surface area contributed by atoms with Crippen molar-refractivity contribution in [1.29, 1.82) is 0 Å². The summed E-state index contributed by atoms with van der Waals surface area (Å²) in [7, 11) is 7.22. The Morgan fingerprint density at radius 1 is 1.43 bits per heavy atom. The molecule has 0 radical (unpaired) electrons. The molecule has 1 aliphatic rings. The standard InChI is InChI=1S/C20H27FN4O3/c1-23(2)13-18-20(15-11-22-24(3)12-15)25(7-8-28-18)19(26)10-14-5-6-17(27-4)16(21)9-14/h5-6,9,11-12,18,20H,7-8,10,13H2,1-4H3/t18-,20-/m0/s1. The highest BCUT2D eigenvalue weighted by Crippen LogP contribution is 2.30. The maximum absolute atomic E-state index is 14.0. The number of ether oxygens (including phenoxy) is 2. The summed E-state index contributed by atoms with van der Waals surface area (Å²) in [5.74, 6) is -0.364. The van der Waals surface area contributed by atoms with Crippen LogP contribution >= 0.6 is 0 Å². The number of halogens is 1. The Kier molecular flexibility index (Phi) is 6.31. The number of nitrogens with zero attached hydrogens (tertiary/aromatic N) is 4. The van der Waals surface area contributed by atoms with E-state index in [-0.39, 0.29) is 30.2 Å². The smallest absolute Gasteiger partial charge is 0.227 e. The minimum atomic E-state index is -0.468. The number of amides is 1. The number of likely N-dealkylation sites (N-methyl/N-ethyl adjacent to an activating group) is 1. The number of methoxy groups -OCH3 is 1. The Hall–Kier alpha value is -2.45. The van der Waals surface area contributed by atoms with Crippen molar-refractivity contribution < 1.29 is 18.7 Å². The molecular formula is C20H27FN4O3. The summed E-state index contributed by atoms with van der Waals surface area (Å²) in [5, 5.41) is 4.26. The second-order valence-electron chi connectivity index (χ2n) is 7.30. The lowest BCUT2D eigenvalue weighted by atomic mass is 9.99. The normalized spacial score (nSPS) is 19.9. The van der Waals surface area contributed by atoms with E-state index in [1.807, 2.05) is 37.1 Å². The molecule has 2 heterocycles. The molecular weight excluding hydrogens is 363 g/mol. The van der Waals surface area contributed by atoms with Gasteiger partial charge in [-0.1, -0.05) is 6.07 Å². The molecule has 1 amide bonds. The fourth-order valence-electron chi connectivity index (χ4n) is 3.61. The van der Waals surface area contributed by atoms with Crippen LogP contribution in [0.25, 0.3) is 0 Å². The molecule has 0 spiro atoms. The van der Waals surface area contributed by atoms with Crippen molar-refractivity contribution in [2.75, 3.05) is 40.9 Å². The van der Waals surface area contributed by atoms with Crippen LogP contribution < -0.4 is 4.74 Å². The zero-order valence-corrected chi connectivity index (χ0v) is 16.8. The van der Waals surface area contributed by atoms with Crippen LogP contribution in [-0.2, 0) is 23.0 Å². The minimum absolute atomic E-state index is 0.0644. The number of hydrogen-bond donors (Lipinski definition) is 0. The van der Waals surface area contributed by atoms with Gasteiger partial charge in [-0.25, -0.2) is 4.39 Å². The van der Waals surface area contributed by atoms with Gasteiger partial charge in [0, 0.05) is 31.9 Å². The van der Waals surface area contributed by atoms with Gasteiger partial charge in [-0.2, -0.15) is 5.10 Å². The first-order valence-corrected chi connectivity index (χ1v) is 9.25. The average Bonchev–Trinajstić information content (AvgIpc) is 3.07. The third-order valence-electron chi connectivity index (χ3n) is 4.86. The fraction of sp³-hybridized carbons (Fsp3) is 0.500. The van der Waals surface area contributed by atoms with Crippen LogP contribution in [0.5, 0.6) is 5.75 Å². The minimum Gasteiger partial charge on any atom is -0.494 e. The van der Waals surface area contributed by atoms with E-state index >= 15 is 0 Å². The number of benzene rings is 1. The van der Waals surface area contributed by atoms with E-state index in [0.717, 1.165) is 5.56 Å². The topological polar surface area (TPSA) is 59.8 Å². The van der Waals surface area contributed by atoms with Gasteiger partial charge in [-0.05, 0) is 31.8 Å². The van der Waals surface area contributed by atoms with Crippen LogP contribution in [0.3, 0.4) is 0 Å². The summed E-state index contributed by atoms with van der Waals surface area (Å²) in [6, 6.07) is 4.38. The number of morpholine rings is 1. The lowest BCUT2D eigenvalue weighted by molar-refractivity contribution is -0.147. The van der Waals surface area contributed by atoms with Gasteiger partial charge in [0.05, 0.1) is 38.5 Å². The molecule has 152 valence electrons. The van der Waals surface area contributed by atoms with E-state index < -0.39 is 5.82 Å². The molecule has 3 rings (SSSR count). The van der Waals surface area contributed by atoms with Gasteiger partial charge < -0.3 is 19.3 Å². The van der Waals surface area contributed by atoms with Crippen molar-refractivity contribution in [2.45, 2.75) is 18.6 Å². The van der Waals surface area contributed by atoms with Gasteiger partial charge in [0.15, 0.2) is 11.6 Å². The SMILES string of the molecule is COc1ccc(CC(=O)N2CCO[C@@H](CN(C)C)[C@@H]2c2cnn(C)c2)cc1F. The zero-order chi connectivity index (χ0) is 20.3. The van der Waals surface area contributed by atoms with Crippen molar-refractivity contribution >= 4 is 5.91 Å². The van der Waals surface area contributed by atoms with Crippen LogP contribution in [0.4, 0.5) is 4.39 Å². The molecule has 1 fully saturated rings. The van der Waals surface area contributed by atoms with Gasteiger partial charge in [0.1, 0.15) is 0 Å². The molecule has 2 aromatic rings. The molecule has 0 aliphatic carbocycles. The van der Waals surface area contributed by atoms with E-state index in [4.69, 9.17) is 9.47 Å². The fourth-order valence-corrected chi connectivity index (χ4v) is 3.61. The predicted molar refractivity (Wildman–Crippen MR) is 103 cm³/mol. The van der Waals surface area contributed by atoms with Crippen molar-refractivity contribution in [2.24, 2.45) is 7.05 Å². The summed E-state index contributed by atoms with van der Waals surface area (Å²) in [6.07, 6.45) is 3.64. The lowest BCUT2D eigenvalue weighted by Gasteiger charge is -2.42. The Morgan fingerprint density at radius 2 is 2.21 bits per heavy atom. The van der Waals surface area contributed by atoms with Crippen molar-refractivity contribution in [3.05, 3.63) is 47.5 Å². The van der Waals surface area contributed by atoms with Crippen molar-refractivity contribution in [3.63, 3.8) is 0 Å². The molecule has 1 saturated heterocycles. The summed E-state index contributed by atoms with van der Waals surface area (Å²) in [6.45, 7) is 1.64. The zero-order valence-electron chi connectivity index (χ0n) is 16.8. The first-order valence-electron chi connectivity index (χ1n) is 9.25. The monoisotopic (exact) mass is 390 g/mol. The summed E-state index contributed by atoms with van der Waals surface area (Å²) in [4.78, 5) is 17.0. The van der Waals surface area contributed by atoms with E-state index in [1.54, 1.807) is 23.0 Å². The largest absolute Gasteiger partial charge is 0.494 e. The molecule has 1 aromatic heterocycles. The Balaban J connectivity index is 1.84. The quantitative estimate of drug-likeness (QED) is 0.751. The second kappa shape index (κ2) is 8.70. The van der Waals surface area contributed by atoms with Gasteiger partial charge in [-0.15, -0.1) is 0 Å². The number of aromatic nitrogens is 2. The third-order valence-corrected chi connectivity index (χ3v) is 4.86. The molecule has 1 aromatic carbocycles. The Morgan fingerprint density at radius 3 is 2.82 bits per heavy atom. The molecule has 8 heteroatoms. The molecule has 0 bridgehead atoms. The number of rotatable bonds is 6. The van der Waals surface area contributed by atoms with Crippen LogP contribution in [0.15, 0.2) is 30.6 Å². The maximum atomic E-state index is 14.0. The summed E-state index contributed by atoms with van der Waals surface area (Å²) < 4.78 is 26.7. The molecule has 0 saturated carbocycles. The van der Waals surface area contributed by atoms with E-state index in [1.165, 1.54) is 13.2 Å². The number of carbonyl (C=O) groups is 1. The number of aryl methyl sites for hydroxylation is 1. The number of hydrogen-bond acceptors (Lipinski definition) is 5. The van der Waals surface area contributed by atoms with Crippen molar-refractivity contribution in [3.8, 4) is 5.75 Å². The summed E-state index contributed by atoms with van der Waals surface area (Å²) >= 11 is 0. The molecule has 28 heavy (non-hydrogen) atoms. The first kappa shape index (κ1) is 20.3. The highest BCUT2D eigenvalue weighted by atomic mass is 19.1. The molecule has 1 aliphatic heterocycles. The molecule has 0 N–H and O–H groups in total. The third kappa shape index (κ3) is 4.51. The van der Waals surface area contributed by atoms with Crippen LogP contribution in [0, 0.1) is 5.82 Å². The van der Waals surface area contributed by atoms with Gasteiger partial charge in [0.2, 0.25) is 5.91 Å². The highest BCUT2D eigenvalue weighted by molar-refractivity contribution is 5.79. The Bertz CT molecular complexity index is 824. The van der Waals surface area contributed by atoms with Gasteiger partial charge in [0.25, 0.3) is 0 Å². The maximum Gasteiger partial charge on any atom is 0.227 e. The summed E-state index contributed by atoms with van der Waals surface area (Å²) in [5.41, 5.74) is 1.55. The van der Waals surface area contributed by atoms with E-state index in [9.17, 15) is 9.18 Å². The molecule has 0 unspecified atom stereocenters. The highest BCUT2D eigenvalue weighted by Gasteiger charge is 2.37. The second-order valence-corrected chi connectivity index (χ2v) is 7.30. The first-order chi connectivity index (χ1) is 13.4. The Labute approximate surface area is 164 Å². The van der Waals surface area contributed by atoms with Crippen LogP contribution in [0.2, 0.25) is 0 Å². The predicted octanol–water partition coefficient (Wildman–Crippen LogP) is 1.64. The van der Waals surface area contributed by atoms with Crippen molar-refractivity contribution in [1.82, 2.24) is 19.6 Å². The van der Waals surface area contributed by atoms with Gasteiger partial charge >= 0.3 is 0 Å². The van der Waals surface area contributed by atoms with Crippen LogP contribution in [0.1, 0.15) is 17.2 Å². The molecule has 7 nitrogen and oxygen atoms in total. The average molecular weight is 390 g/mol. The lowest BCUT2D eigenvalue weighted by Crippen LogP contribution is -2.51.